The number of amides is 2. The highest BCUT2D eigenvalue weighted by molar-refractivity contribution is 6.02. The van der Waals surface area contributed by atoms with Crippen LogP contribution in [0.1, 0.15) is 10.5 Å². The van der Waals surface area contributed by atoms with Crippen LogP contribution in [-0.2, 0) is 4.74 Å². The highest BCUT2D eigenvalue weighted by Crippen LogP contribution is 2.30. The van der Waals surface area contributed by atoms with Crippen LogP contribution in [0.3, 0.4) is 0 Å². The third-order valence-electron chi connectivity index (χ3n) is 3.33. The SMILES string of the molecule is COC(=O)c1ccc2c(n1)N(C(=O)Nc1ccccc1)CCO2. The summed E-state index contributed by atoms with van der Waals surface area (Å²) in [5, 5.41) is 2.79. The number of carbonyl (C=O) groups is 2. The number of hydrogen-bond donors (Lipinski definition) is 1. The van der Waals surface area contributed by atoms with Gasteiger partial charge in [0.05, 0.1) is 13.7 Å². The van der Waals surface area contributed by atoms with E-state index in [1.807, 2.05) is 18.2 Å². The van der Waals surface area contributed by atoms with E-state index in [-0.39, 0.29) is 11.7 Å². The van der Waals surface area contributed by atoms with E-state index in [4.69, 9.17) is 4.74 Å². The molecule has 0 fully saturated rings. The Hall–Kier alpha value is -3.09. The summed E-state index contributed by atoms with van der Waals surface area (Å²) >= 11 is 0. The Bertz CT molecular complexity index is 733. The molecule has 7 heteroatoms. The molecule has 2 heterocycles. The molecule has 0 unspecified atom stereocenters. The lowest BCUT2D eigenvalue weighted by atomic mass is 10.3. The van der Waals surface area contributed by atoms with Gasteiger partial charge in [0.25, 0.3) is 0 Å². The van der Waals surface area contributed by atoms with Gasteiger partial charge in [0.2, 0.25) is 0 Å². The van der Waals surface area contributed by atoms with Gasteiger partial charge in [0.15, 0.2) is 17.3 Å². The van der Waals surface area contributed by atoms with Crippen LogP contribution in [0.15, 0.2) is 42.5 Å². The van der Waals surface area contributed by atoms with Crippen molar-refractivity contribution in [2.24, 2.45) is 0 Å². The molecular weight excluding hydrogens is 298 g/mol. The lowest BCUT2D eigenvalue weighted by Crippen LogP contribution is -2.41. The molecule has 1 aromatic carbocycles. The molecule has 0 spiro atoms. The molecule has 1 aromatic heterocycles. The minimum atomic E-state index is -0.568. The zero-order chi connectivity index (χ0) is 16.2. The van der Waals surface area contributed by atoms with E-state index in [1.54, 1.807) is 18.2 Å². The second kappa shape index (κ2) is 6.35. The summed E-state index contributed by atoms with van der Waals surface area (Å²) in [6.07, 6.45) is 0. The molecule has 2 aromatic rings. The van der Waals surface area contributed by atoms with Gasteiger partial charge in [-0.3, -0.25) is 4.90 Å². The molecule has 0 atom stereocenters. The Morgan fingerprint density at radius 1 is 1.22 bits per heavy atom. The van der Waals surface area contributed by atoms with Gasteiger partial charge in [0.1, 0.15) is 6.61 Å². The number of pyridine rings is 1. The Balaban J connectivity index is 1.88. The average Bonchev–Trinajstić information content (AvgIpc) is 2.60. The minimum Gasteiger partial charge on any atom is -0.488 e. The van der Waals surface area contributed by atoms with Crippen molar-refractivity contribution >= 4 is 23.5 Å². The van der Waals surface area contributed by atoms with Crippen molar-refractivity contribution in [2.45, 2.75) is 0 Å². The van der Waals surface area contributed by atoms with Crippen LogP contribution >= 0.6 is 0 Å². The number of fused-ring (bicyclic) bond motifs is 1. The molecule has 2 amide bonds. The van der Waals surface area contributed by atoms with E-state index >= 15 is 0 Å². The predicted octanol–water partition coefficient (Wildman–Crippen LogP) is 2.30. The molecule has 7 nitrogen and oxygen atoms in total. The number of rotatable bonds is 2. The zero-order valence-electron chi connectivity index (χ0n) is 12.5. The van der Waals surface area contributed by atoms with Crippen molar-refractivity contribution in [2.75, 3.05) is 30.5 Å². The first-order chi connectivity index (χ1) is 11.2. The van der Waals surface area contributed by atoms with Crippen molar-refractivity contribution < 1.29 is 19.1 Å². The monoisotopic (exact) mass is 313 g/mol. The first-order valence-electron chi connectivity index (χ1n) is 7.05. The lowest BCUT2D eigenvalue weighted by Gasteiger charge is -2.28. The number of benzene rings is 1. The molecule has 0 aliphatic carbocycles. The standard InChI is InChI=1S/C16H15N3O4/c1-22-15(20)12-7-8-13-14(18-12)19(9-10-23-13)16(21)17-11-5-3-2-4-6-11/h2-8H,9-10H2,1H3,(H,17,21). The van der Waals surface area contributed by atoms with Crippen LogP contribution < -0.4 is 15.0 Å². The average molecular weight is 313 g/mol. The topological polar surface area (TPSA) is 80.8 Å². The molecule has 0 saturated heterocycles. The highest BCUT2D eigenvalue weighted by Gasteiger charge is 2.26. The van der Waals surface area contributed by atoms with Crippen molar-refractivity contribution in [3.05, 3.63) is 48.2 Å². The van der Waals surface area contributed by atoms with E-state index in [9.17, 15) is 9.59 Å². The summed E-state index contributed by atoms with van der Waals surface area (Å²) in [6, 6.07) is 11.9. The third-order valence-corrected chi connectivity index (χ3v) is 3.33. The first kappa shape index (κ1) is 14.8. The number of hydrogen-bond acceptors (Lipinski definition) is 5. The smallest absolute Gasteiger partial charge is 0.356 e. The largest absolute Gasteiger partial charge is 0.488 e. The van der Waals surface area contributed by atoms with Gasteiger partial charge in [-0.15, -0.1) is 0 Å². The Morgan fingerprint density at radius 3 is 2.74 bits per heavy atom. The van der Waals surface area contributed by atoms with Crippen molar-refractivity contribution in [3.63, 3.8) is 0 Å². The number of nitrogens with one attached hydrogen (secondary N) is 1. The summed E-state index contributed by atoms with van der Waals surface area (Å²) in [4.78, 5) is 29.7. The van der Waals surface area contributed by atoms with E-state index in [0.717, 1.165) is 0 Å². The Kier molecular flexibility index (Phi) is 4.09. The van der Waals surface area contributed by atoms with Crippen LogP contribution in [0.25, 0.3) is 0 Å². The van der Waals surface area contributed by atoms with Crippen LogP contribution in [0, 0.1) is 0 Å². The summed E-state index contributed by atoms with van der Waals surface area (Å²) in [7, 11) is 1.28. The number of urea groups is 1. The number of carbonyl (C=O) groups excluding carboxylic acids is 2. The normalized spacial score (nSPS) is 12.8. The molecule has 0 bridgehead atoms. The molecule has 23 heavy (non-hydrogen) atoms. The van der Waals surface area contributed by atoms with E-state index in [0.29, 0.717) is 30.4 Å². The summed E-state index contributed by atoms with van der Waals surface area (Å²) < 4.78 is 10.1. The van der Waals surface area contributed by atoms with E-state index in [1.165, 1.54) is 18.1 Å². The van der Waals surface area contributed by atoms with Gasteiger partial charge in [-0.2, -0.15) is 0 Å². The molecule has 118 valence electrons. The predicted molar refractivity (Wildman–Crippen MR) is 83.9 cm³/mol. The maximum atomic E-state index is 12.5. The number of anilines is 2. The van der Waals surface area contributed by atoms with Crippen molar-refractivity contribution in [3.8, 4) is 5.75 Å². The molecule has 1 N–H and O–H groups in total. The quantitative estimate of drug-likeness (QED) is 0.860. The van der Waals surface area contributed by atoms with Crippen LogP contribution in [0.4, 0.5) is 16.3 Å². The zero-order valence-corrected chi connectivity index (χ0v) is 12.5. The summed E-state index contributed by atoms with van der Waals surface area (Å²) in [6.45, 7) is 0.692. The number of aromatic nitrogens is 1. The Morgan fingerprint density at radius 2 is 2.00 bits per heavy atom. The van der Waals surface area contributed by atoms with Gasteiger partial charge in [0, 0.05) is 5.69 Å². The summed E-state index contributed by atoms with van der Waals surface area (Å²) in [5.41, 5.74) is 0.795. The third kappa shape index (κ3) is 3.08. The number of esters is 1. The van der Waals surface area contributed by atoms with Crippen molar-refractivity contribution in [1.82, 2.24) is 4.98 Å². The van der Waals surface area contributed by atoms with Gasteiger partial charge in [-0.05, 0) is 24.3 Å². The maximum absolute atomic E-state index is 12.5. The van der Waals surface area contributed by atoms with Crippen LogP contribution in [0.2, 0.25) is 0 Å². The number of para-hydroxylation sites is 1. The van der Waals surface area contributed by atoms with Gasteiger partial charge >= 0.3 is 12.0 Å². The lowest BCUT2D eigenvalue weighted by molar-refractivity contribution is 0.0594. The number of ether oxygens (including phenoxy) is 2. The van der Waals surface area contributed by atoms with Crippen LogP contribution in [-0.4, -0.2) is 37.2 Å². The van der Waals surface area contributed by atoms with E-state index in [2.05, 4.69) is 15.0 Å². The second-order valence-electron chi connectivity index (χ2n) is 4.81. The van der Waals surface area contributed by atoms with Gasteiger partial charge in [-0.25, -0.2) is 14.6 Å². The molecule has 0 saturated carbocycles. The van der Waals surface area contributed by atoms with Crippen LogP contribution in [0.5, 0.6) is 5.75 Å². The maximum Gasteiger partial charge on any atom is 0.356 e. The molecule has 0 radical (unpaired) electrons. The first-order valence-corrected chi connectivity index (χ1v) is 7.05. The van der Waals surface area contributed by atoms with Gasteiger partial charge < -0.3 is 14.8 Å². The van der Waals surface area contributed by atoms with Gasteiger partial charge in [-0.1, -0.05) is 18.2 Å². The fourth-order valence-corrected chi connectivity index (χ4v) is 2.22. The number of nitrogens with zero attached hydrogens (tertiary/aromatic N) is 2. The fourth-order valence-electron chi connectivity index (χ4n) is 2.22. The fraction of sp³-hybridized carbons (Fsp3) is 0.188. The number of methoxy groups -OCH3 is 1. The minimum absolute atomic E-state index is 0.120. The van der Waals surface area contributed by atoms with E-state index < -0.39 is 5.97 Å². The Labute approximate surface area is 132 Å². The summed E-state index contributed by atoms with van der Waals surface area (Å²) in [5.74, 6) is 0.182. The second-order valence-corrected chi connectivity index (χ2v) is 4.81. The van der Waals surface area contributed by atoms with Crippen molar-refractivity contribution in [1.29, 1.82) is 0 Å². The molecule has 3 rings (SSSR count). The molecular formula is C16H15N3O4. The highest BCUT2D eigenvalue weighted by atomic mass is 16.5. The molecule has 1 aliphatic rings. The molecule has 1 aliphatic heterocycles.